The predicted molar refractivity (Wildman–Crippen MR) is 117 cm³/mol. The zero-order chi connectivity index (χ0) is 21.0. The third-order valence-electron chi connectivity index (χ3n) is 5.05. The Morgan fingerprint density at radius 3 is 1.97 bits per heavy atom. The number of nitrogens with zero attached hydrogens (tertiary/aromatic N) is 6. The Kier molecular flexibility index (Phi) is 6.41. The summed E-state index contributed by atoms with van der Waals surface area (Å²) in [6.07, 6.45) is 3.18. The lowest BCUT2D eigenvalue weighted by Crippen LogP contribution is -2.28. The van der Waals surface area contributed by atoms with Crippen molar-refractivity contribution in [2.75, 3.05) is 61.0 Å². The molecule has 0 radical (unpaired) electrons. The number of rotatable bonds is 5. The minimum atomic E-state index is -0.353. The van der Waals surface area contributed by atoms with Crippen molar-refractivity contribution in [2.45, 2.75) is 6.92 Å². The van der Waals surface area contributed by atoms with E-state index < -0.39 is 0 Å². The van der Waals surface area contributed by atoms with Gasteiger partial charge in [-0.3, -0.25) is 0 Å². The zero-order valence-electron chi connectivity index (χ0n) is 17.9. The molecule has 2 aliphatic rings. The van der Waals surface area contributed by atoms with Crippen LogP contribution in [0.4, 0.5) is 11.4 Å². The molecule has 2 aliphatic heterocycles. The summed E-state index contributed by atoms with van der Waals surface area (Å²) in [6.45, 7) is 5.92. The van der Waals surface area contributed by atoms with E-state index in [0.29, 0.717) is 6.61 Å². The van der Waals surface area contributed by atoms with Crippen LogP contribution in [0, 0.1) is 0 Å². The number of ether oxygens (including phenoxy) is 1. The van der Waals surface area contributed by atoms with Gasteiger partial charge in [-0.05, 0) is 30.7 Å². The van der Waals surface area contributed by atoms with Crippen LogP contribution in [0.15, 0.2) is 34.3 Å². The second-order valence-corrected chi connectivity index (χ2v) is 7.34. The summed E-state index contributed by atoms with van der Waals surface area (Å²) >= 11 is 0. The van der Waals surface area contributed by atoms with E-state index in [1.165, 1.54) is 6.08 Å². The summed E-state index contributed by atoms with van der Waals surface area (Å²) in [5.41, 5.74) is 2.45. The number of hydrogen-bond donors (Lipinski definition) is 0. The first kappa shape index (κ1) is 20.7. The van der Waals surface area contributed by atoms with Gasteiger partial charge >= 0.3 is 5.97 Å². The molecule has 0 atom stereocenters. The van der Waals surface area contributed by atoms with Crippen molar-refractivity contribution in [3.8, 4) is 0 Å². The number of carbonyl (C=O) groups is 1. The first-order valence-electron chi connectivity index (χ1n) is 9.90. The summed E-state index contributed by atoms with van der Waals surface area (Å²) in [4.78, 5) is 30.0. The second-order valence-electron chi connectivity index (χ2n) is 7.34. The van der Waals surface area contributed by atoms with Gasteiger partial charge in [-0.1, -0.05) is 6.07 Å². The molecule has 3 rings (SSSR count). The third-order valence-corrected chi connectivity index (χ3v) is 5.05. The molecule has 2 heterocycles. The van der Waals surface area contributed by atoms with Gasteiger partial charge in [-0.15, -0.1) is 0 Å². The highest BCUT2D eigenvalue weighted by atomic mass is 16.5. The Balaban J connectivity index is 2.00. The minimum absolute atomic E-state index is 0.353. The number of benzene rings is 1. The van der Waals surface area contributed by atoms with Crippen LogP contribution in [-0.4, -0.2) is 98.5 Å². The standard InChI is InChI=1S/C21H30N6O2/c1-6-29-19(28)10-8-16-7-9-17(22-20-24(2)11-12-25(20)3)18(15-16)23-21-26(4)13-14-27(21)5/h7-10,15H,6,11-14H2,1-5H3. The summed E-state index contributed by atoms with van der Waals surface area (Å²) in [6, 6.07) is 5.85. The van der Waals surface area contributed by atoms with E-state index in [0.717, 1.165) is 55.0 Å². The molecular formula is C21H30N6O2. The lowest BCUT2D eigenvalue weighted by molar-refractivity contribution is -0.137. The fourth-order valence-corrected chi connectivity index (χ4v) is 3.32. The smallest absolute Gasteiger partial charge is 0.330 e. The molecule has 2 saturated heterocycles. The number of guanidine groups is 2. The minimum Gasteiger partial charge on any atom is -0.463 e. The maximum Gasteiger partial charge on any atom is 0.330 e. The van der Waals surface area contributed by atoms with E-state index in [-0.39, 0.29) is 5.97 Å². The highest BCUT2D eigenvalue weighted by Gasteiger charge is 2.22. The van der Waals surface area contributed by atoms with Gasteiger partial charge in [-0.2, -0.15) is 0 Å². The average molecular weight is 399 g/mol. The highest BCUT2D eigenvalue weighted by molar-refractivity contribution is 5.91. The quantitative estimate of drug-likeness (QED) is 0.558. The van der Waals surface area contributed by atoms with Gasteiger partial charge in [-0.25, -0.2) is 14.8 Å². The predicted octanol–water partition coefficient (Wildman–Crippen LogP) is 1.99. The van der Waals surface area contributed by atoms with Gasteiger partial charge < -0.3 is 24.3 Å². The van der Waals surface area contributed by atoms with E-state index in [4.69, 9.17) is 14.7 Å². The van der Waals surface area contributed by atoms with Crippen molar-refractivity contribution >= 4 is 35.3 Å². The van der Waals surface area contributed by atoms with Crippen LogP contribution in [0.2, 0.25) is 0 Å². The number of hydrogen-bond acceptors (Lipinski definition) is 4. The van der Waals surface area contributed by atoms with Crippen molar-refractivity contribution < 1.29 is 9.53 Å². The Labute approximate surface area is 172 Å². The van der Waals surface area contributed by atoms with Gasteiger partial charge in [0.15, 0.2) is 0 Å². The monoisotopic (exact) mass is 398 g/mol. The van der Waals surface area contributed by atoms with Crippen molar-refractivity contribution in [1.82, 2.24) is 19.6 Å². The van der Waals surface area contributed by atoms with Gasteiger partial charge in [0, 0.05) is 60.4 Å². The molecule has 8 heteroatoms. The van der Waals surface area contributed by atoms with E-state index in [1.54, 1.807) is 13.0 Å². The summed E-state index contributed by atoms with van der Waals surface area (Å²) in [7, 11) is 8.17. The molecule has 156 valence electrons. The van der Waals surface area contributed by atoms with Gasteiger partial charge in [0.2, 0.25) is 11.9 Å². The van der Waals surface area contributed by atoms with E-state index in [9.17, 15) is 4.79 Å². The first-order chi connectivity index (χ1) is 13.9. The van der Waals surface area contributed by atoms with Gasteiger partial charge in [0.05, 0.1) is 18.0 Å². The number of esters is 1. The molecule has 0 amide bonds. The van der Waals surface area contributed by atoms with Gasteiger partial charge in [0.1, 0.15) is 0 Å². The lowest BCUT2D eigenvalue weighted by atomic mass is 10.1. The van der Waals surface area contributed by atoms with Crippen LogP contribution < -0.4 is 0 Å². The largest absolute Gasteiger partial charge is 0.463 e. The van der Waals surface area contributed by atoms with Crippen LogP contribution in [-0.2, 0) is 9.53 Å². The molecule has 0 aromatic heterocycles. The topological polar surface area (TPSA) is 64.0 Å². The lowest BCUT2D eigenvalue weighted by Gasteiger charge is -2.18. The molecule has 2 fully saturated rings. The van der Waals surface area contributed by atoms with E-state index >= 15 is 0 Å². The summed E-state index contributed by atoms with van der Waals surface area (Å²) < 4.78 is 4.97. The zero-order valence-corrected chi connectivity index (χ0v) is 17.9. The van der Waals surface area contributed by atoms with Crippen LogP contribution in [0.1, 0.15) is 12.5 Å². The second kappa shape index (κ2) is 8.98. The molecule has 0 bridgehead atoms. The summed E-state index contributed by atoms with van der Waals surface area (Å²) in [5, 5.41) is 0. The normalized spacial score (nSPS) is 17.0. The fraction of sp³-hybridized carbons (Fsp3) is 0.476. The number of likely N-dealkylation sites (N-methyl/N-ethyl adjacent to an activating group) is 4. The van der Waals surface area contributed by atoms with Gasteiger partial charge in [0.25, 0.3) is 0 Å². The first-order valence-corrected chi connectivity index (χ1v) is 9.90. The number of carbonyl (C=O) groups excluding carboxylic acids is 1. The Morgan fingerprint density at radius 1 is 0.931 bits per heavy atom. The maximum atomic E-state index is 11.7. The molecule has 0 unspecified atom stereocenters. The Bertz CT molecular complexity index is 824. The average Bonchev–Trinajstić information content (AvgIpc) is 3.18. The molecule has 8 nitrogen and oxygen atoms in total. The molecule has 1 aromatic carbocycles. The molecule has 0 spiro atoms. The van der Waals surface area contributed by atoms with E-state index in [1.807, 2.05) is 46.4 Å². The van der Waals surface area contributed by atoms with Crippen LogP contribution in [0.25, 0.3) is 6.08 Å². The van der Waals surface area contributed by atoms with Crippen LogP contribution in [0.5, 0.6) is 0 Å². The van der Waals surface area contributed by atoms with Crippen molar-refractivity contribution in [3.63, 3.8) is 0 Å². The molecular weight excluding hydrogens is 368 g/mol. The molecule has 0 saturated carbocycles. The van der Waals surface area contributed by atoms with Crippen LogP contribution in [0.3, 0.4) is 0 Å². The molecule has 0 N–H and O–H groups in total. The summed E-state index contributed by atoms with van der Waals surface area (Å²) in [5.74, 6) is 1.48. The molecule has 29 heavy (non-hydrogen) atoms. The van der Waals surface area contributed by atoms with Crippen molar-refractivity contribution in [3.05, 3.63) is 29.8 Å². The highest BCUT2D eigenvalue weighted by Crippen LogP contribution is 2.31. The van der Waals surface area contributed by atoms with Crippen molar-refractivity contribution in [2.24, 2.45) is 9.98 Å². The number of aliphatic imine (C=N–C) groups is 2. The fourth-order valence-electron chi connectivity index (χ4n) is 3.32. The maximum absolute atomic E-state index is 11.7. The SMILES string of the molecule is CCOC(=O)C=Cc1ccc(N=C2N(C)CCN2C)c(N=C2N(C)CCN2C)c1. The Morgan fingerprint density at radius 2 is 1.45 bits per heavy atom. The van der Waals surface area contributed by atoms with E-state index in [2.05, 4.69) is 19.6 Å². The third kappa shape index (κ3) is 4.88. The molecule has 1 aromatic rings. The Hall–Kier alpha value is -3.03. The van der Waals surface area contributed by atoms with Crippen LogP contribution >= 0.6 is 0 Å². The van der Waals surface area contributed by atoms with Crippen molar-refractivity contribution in [1.29, 1.82) is 0 Å². The molecule has 0 aliphatic carbocycles.